The van der Waals surface area contributed by atoms with Crippen LogP contribution in [-0.2, 0) is 0 Å². The molecule has 0 aliphatic heterocycles. The smallest absolute Gasteiger partial charge is 0.262 e. The third-order valence-electron chi connectivity index (χ3n) is 2.96. The Labute approximate surface area is 134 Å². The van der Waals surface area contributed by atoms with Gasteiger partial charge in [-0.05, 0) is 35.6 Å². The Morgan fingerprint density at radius 3 is 2.77 bits per heavy atom. The van der Waals surface area contributed by atoms with Crippen LogP contribution in [0.3, 0.4) is 0 Å². The fraction of sp³-hybridized carbons (Fsp3) is 0. The number of hydrogen-bond donors (Lipinski definition) is 0. The molecule has 3 aromatic rings. The number of nitrogens with zero attached hydrogens (tertiary/aromatic N) is 2. The Hall–Kier alpha value is -2.44. The second kappa shape index (κ2) is 5.75. The van der Waals surface area contributed by atoms with Crippen molar-refractivity contribution in [3.8, 4) is 5.75 Å². The molecular formula is C15H8ClN2O3S-. The van der Waals surface area contributed by atoms with Crippen LogP contribution in [-0.4, -0.2) is 9.91 Å². The van der Waals surface area contributed by atoms with E-state index in [2.05, 4.69) is 4.98 Å². The molecule has 7 heteroatoms. The molecule has 0 aliphatic carbocycles. The van der Waals surface area contributed by atoms with Crippen LogP contribution in [0.15, 0.2) is 36.4 Å². The van der Waals surface area contributed by atoms with Crippen molar-refractivity contribution in [1.82, 2.24) is 4.98 Å². The SMILES string of the molecule is O=[N+]([O-])c1cc(/C=C/c2nc3cc(Cl)ccc3s2)ccc1[O-]. The van der Waals surface area contributed by atoms with Gasteiger partial charge in [0.2, 0.25) is 0 Å². The maximum atomic E-state index is 11.3. The van der Waals surface area contributed by atoms with Gasteiger partial charge in [0, 0.05) is 11.1 Å². The molecule has 0 fully saturated rings. The molecule has 0 saturated carbocycles. The molecule has 0 N–H and O–H groups in total. The molecule has 1 aromatic heterocycles. The Morgan fingerprint density at radius 1 is 1.18 bits per heavy atom. The molecule has 2 aromatic carbocycles. The lowest BCUT2D eigenvalue weighted by atomic mass is 10.2. The predicted octanol–water partition coefficient (Wildman–Crippen LogP) is 4.10. The second-order valence-electron chi connectivity index (χ2n) is 4.48. The summed E-state index contributed by atoms with van der Waals surface area (Å²) in [7, 11) is 0. The Balaban J connectivity index is 1.92. The topological polar surface area (TPSA) is 79.1 Å². The molecule has 0 radical (unpaired) electrons. The molecule has 0 saturated heterocycles. The van der Waals surface area contributed by atoms with Gasteiger partial charge in [-0.2, -0.15) is 0 Å². The van der Waals surface area contributed by atoms with Crippen molar-refractivity contribution >= 4 is 51.0 Å². The van der Waals surface area contributed by atoms with Crippen molar-refractivity contribution in [3.63, 3.8) is 0 Å². The quantitative estimate of drug-likeness (QED) is 0.534. The van der Waals surface area contributed by atoms with Crippen LogP contribution in [0.5, 0.6) is 5.75 Å². The number of benzene rings is 2. The van der Waals surface area contributed by atoms with Gasteiger partial charge in [-0.25, -0.2) is 4.98 Å². The lowest BCUT2D eigenvalue weighted by Crippen LogP contribution is -1.97. The minimum absolute atomic E-state index is 0.432. The third-order valence-corrected chi connectivity index (χ3v) is 4.20. The van der Waals surface area contributed by atoms with Crippen LogP contribution in [0, 0.1) is 10.1 Å². The third kappa shape index (κ3) is 2.93. The summed E-state index contributed by atoms with van der Waals surface area (Å²) in [5.41, 5.74) is 0.944. The molecule has 5 nitrogen and oxygen atoms in total. The van der Waals surface area contributed by atoms with Crippen molar-refractivity contribution in [2.45, 2.75) is 0 Å². The summed E-state index contributed by atoms with van der Waals surface area (Å²) in [6, 6.07) is 9.45. The first-order valence-corrected chi connectivity index (χ1v) is 7.42. The van der Waals surface area contributed by atoms with E-state index in [1.807, 2.05) is 6.07 Å². The van der Waals surface area contributed by atoms with Crippen LogP contribution in [0.1, 0.15) is 10.6 Å². The van der Waals surface area contributed by atoms with E-state index in [0.29, 0.717) is 10.6 Å². The van der Waals surface area contributed by atoms with Crippen LogP contribution in [0.2, 0.25) is 5.02 Å². The van der Waals surface area contributed by atoms with Gasteiger partial charge >= 0.3 is 0 Å². The molecule has 1 heterocycles. The van der Waals surface area contributed by atoms with Gasteiger partial charge < -0.3 is 5.11 Å². The van der Waals surface area contributed by atoms with Crippen molar-refractivity contribution in [3.05, 3.63) is 62.1 Å². The number of aromatic nitrogens is 1. The molecule has 3 rings (SSSR count). The molecular weight excluding hydrogens is 324 g/mol. The zero-order valence-corrected chi connectivity index (χ0v) is 12.6. The lowest BCUT2D eigenvalue weighted by Gasteiger charge is -2.05. The largest absolute Gasteiger partial charge is 0.868 e. The fourth-order valence-electron chi connectivity index (χ4n) is 1.94. The minimum Gasteiger partial charge on any atom is -0.868 e. The summed E-state index contributed by atoms with van der Waals surface area (Å²) >= 11 is 7.40. The molecule has 22 heavy (non-hydrogen) atoms. The van der Waals surface area contributed by atoms with Crippen molar-refractivity contribution in [2.24, 2.45) is 0 Å². The highest BCUT2D eigenvalue weighted by Gasteiger charge is 2.07. The summed E-state index contributed by atoms with van der Waals surface area (Å²) in [6.07, 6.45) is 3.44. The Morgan fingerprint density at radius 2 is 2.00 bits per heavy atom. The zero-order chi connectivity index (χ0) is 15.7. The van der Waals surface area contributed by atoms with Gasteiger partial charge in [-0.15, -0.1) is 11.3 Å². The van der Waals surface area contributed by atoms with E-state index < -0.39 is 16.4 Å². The number of nitro benzene ring substituents is 1. The van der Waals surface area contributed by atoms with Gasteiger partial charge in [0.1, 0.15) is 5.01 Å². The number of halogens is 1. The first-order valence-electron chi connectivity index (χ1n) is 6.22. The monoisotopic (exact) mass is 331 g/mol. The van der Waals surface area contributed by atoms with Crippen LogP contribution in [0.4, 0.5) is 5.69 Å². The molecule has 0 spiro atoms. The van der Waals surface area contributed by atoms with Gasteiger partial charge in [0.25, 0.3) is 5.69 Å². The molecule has 0 atom stereocenters. The van der Waals surface area contributed by atoms with E-state index in [-0.39, 0.29) is 0 Å². The maximum absolute atomic E-state index is 11.3. The van der Waals surface area contributed by atoms with E-state index in [9.17, 15) is 15.2 Å². The normalized spacial score (nSPS) is 11.3. The van der Waals surface area contributed by atoms with Crippen LogP contribution < -0.4 is 5.11 Å². The van der Waals surface area contributed by atoms with Crippen molar-refractivity contribution in [1.29, 1.82) is 0 Å². The van der Waals surface area contributed by atoms with Gasteiger partial charge in [0.05, 0.1) is 15.1 Å². The summed E-state index contributed by atoms with van der Waals surface area (Å²) in [4.78, 5) is 14.5. The van der Waals surface area contributed by atoms with Crippen molar-refractivity contribution < 1.29 is 10.0 Å². The molecule has 110 valence electrons. The van der Waals surface area contributed by atoms with Gasteiger partial charge in [-0.1, -0.05) is 29.8 Å². The summed E-state index contributed by atoms with van der Waals surface area (Å²) < 4.78 is 1.00. The standard InChI is InChI=1S/C15H9ClN2O3S/c16-10-3-5-14-11(8-10)17-15(22-14)6-2-9-1-4-13(19)12(7-9)18(20)21/h1-8,19H/p-1/b6-2+. The zero-order valence-electron chi connectivity index (χ0n) is 11.0. The highest BCUT2D eigenvalue weighted by Crippen LogP contribution is 2.27. The molecule has 0 amide bonds. The predicted molar refractivity (Wildman–Crippen MR) is 86.1 cm³/mol. The number of thiazole rings is 1. The number of nitro groups is 1. The summed E-state index contributed by atoms with van der Waals surface area (Å²) in [5.74, 6) is -0.600. The van der Waals surface area contributed by atoms with Crippen molar-refractivity contribution in [2.75, 3.05) is 0 Å². The summed E-state index contributed by atoms with van der Waals surface area (Å²) in [5, 5.41) is 23.5. The Bertz CT molecular complexity index is 905. The maximum Gasteiger partial charge on any atom is 0.262 e. The van der Waals surface area contributed by atoms with Crippen LogP contribution >= 0.6 is 22.9 Å². The van der Waals surface area contributed by atoms with E-state index in [1.165, 1.54) is 29.5 Å². The minimum atomic E-state index is -0.681. The van der Waals surface area contributed by atoms with Crippen LogP contribution in [0.25, 0.3) is 22.4 Å². The van der Waals surface area contributed by atoms with E-state index >= 15 is 0 Å². The van der Waals surface area contributed by atoms with E-state index in [1.54, 1.807) is 24.3 Å². The van der Waals surface area contributed by atoms with Gasteiger partial charge in [0.15, 0.2) is 0 Å². The second-order valence-corrected chi connectivity index (χ2v) is 5.98. The highest BCUT2D eigenvalue weighted by atomic mass is 35.5. The van der Waals surface area contributed by atoms with Gasteiger partial charge in [-0.3, -0.25) is 10.1 Å². The van der Waals surface area contributed by atoms with E-state index in [4.69, 9.17) is 11.6 Å². The molecule has 0 aliphatic rings. The number of rotatable bonds is 3. The lowest BCUT2D eigenvalue weighted by molar-refractivity contribution is -0.398. The molecule has 0 unspecified atom stereocenters. The Kier molecular flexibility index (Phi) is 3.79. The number of fused-ring (bicyclic) bond motifs is 1. The number of hydrogen-bond acceptors (Lipinski definition) is 5. The fourth-order valence-corrected chi connectivity index (χ4v) is 2.95. The average Bonchev–Trinajstić information content (AvgIpc) is 2.88. The summed E-state index contributed by atoms with van der Waals surface area (Å²) in [6.45, 7) is 0. The first-order chi connectivity index (χ1) is 10.5. The average molecular weight is 332 g/mol. The van der Waals surface area contributed by atoms with E-state index in [0.717, 1.165) is 15.2 Å². The first kappa shape index (κ1) is 14.5. The molecule has 0 bridgehead atoms. The highest BCUT2D eigenvalue weighted by molar-refractivity contribution is 7.19.